The summed E-state index contributed by atoms with van der Waals surface area (Å²) >= 11 is 0. The van der Waals surface area contributed by atoms with E-state index < -0.39 is 10.0 Å². The van der Waals surface area contributed by atoms with Crippen molar-refractivity contribution in [2.45, 2.75) is 43.3 Å². The standard InChI is InChI=1S/C17H21N3O6S/c1-11-19-17(26-20-11)15-5-3-12(25-15)10-18-27(21,22)13-4-6-14-16(9-13)24-8-2-7-23-14/h4,6,9,12,15,18H,2-3,5,7-8,10H2,1H3/t12-,15+/m1/s1. The molecule has 146 valence electrons. The summed E-state index contributed by atoms with van der Waals surface area (Å²) < 4.78 is 49.9. The Morgan fingerprint density at radius 3 is 2.78 bits per heavy atom. The highest BCUT2D eigenvalue weighted by Gasteiger charge is 2.31. The lowest BCUT2D eigenvalue weighted by atomic mass is 10.2. The predicted octanol–water partition coefficient (Wildman–Crippen LogP) is 1.74. The maximum Gasteiger partial charge on any atom is 0.255 e. The Morgan fingerprint density at radius 2 is 2.00 bits per heavy atom. The number of benzene rings is 1. The lowest BCUT2D eigenvalue weighted by Crippen LogP contribution is -2.32. The van der Waals surface area contributed by atoms with Gasteiger partial charge in [-0.25, -0.2) is 13.1 Å². The predicted molar refractivity (Wildman–Crippen MR) is 93.1 cm³/mol. The van der Waals surface area contributed by atoms with Gasteiger partial charge in [-0.05, 0) is 31.9 Å². The third-order valence-electron chi connectivity index (χ3n) is 4.46. The summed E-state index contributed by atoms with van der Waals surface area (Å²) in [6.45, 7) is 2.96. The van der Waals surface area contributed by atoms with Crippen molar-refractivity contribution >= 4 is 10.0 Å². The number of aromatic nitrogens is 2. The second-order valence-corrected chi connectivity index (χ2v) is 8.28. The van der Waals surface area contributed by atoms with Crippen LogP contribution in [0.25, 0.3) is 0 Å². The topological polar surface area (TPSA) is 113 Å². The van der Waals surface area contributed by atoms with Crippen LogP contribution in [0.2, 0.25) is 0 Å². The first-order valence-corrected chi connectivity index (χ1v) is 10.3. The first-order valence-electron chi connectivity index (χ1n) is 8.86. The summed E-state index contributed by atoms with van der Waals surface area (Å²) in [6.07, 6.45) is 1.62. The maximum absolute atomic E-state index is 12.6. The smallest absolute Gasteiger partial charge is 0.255 e. The van der Waals surface area contributed by atoms with E-state index in [2.05, 4.69) is 14.9 Å². The zero-order valence-corrected chi connectivity index (χ0v) is 15.7. The minimum atomic E-state index is -3.69. The molecule has 2 aliphatic heterocycles. The quantitative estimate of drug-likeness (QED) is 0.814. The number of aryl methyl sites for hydroxylation is 1. The molecule has 1 aromatic carbocycles. The Morgan fingerprint density at radius 1 is 1.19 bits per heavy atom. The van der Waals surface area contributed by atoms with Crippen LogP contribution < -0.4 is 14.2 Å². The van der Waals surface area contributed by atoms with Crippen molar-refractivity contribution in [3.63, 3.8) is 0 Å². The molecule has 4 rings (SSSR count). The summed E-state index contributed by atoms with van der Waals surface area (Å²) in [4.78, 5) is 4.30. The molecule has 0 radical (unpaired) electrons. The van der Waals surface area contributed by atoms with E-state index in [9.17, 15) is 8.42 Å². The van der Waals surface area contributed by atoms with Crippen molar-refractivity contribution < 1.29 is 27.2 Å². The van der Waals surface area contributed by atoms with Crippen molar-refractivity contribution in [2.24, 2.45) is 0 Å². The van der Waals surface area contributed by atoms with Gasteiger partial charge in [0.1, 0.15) is 6.10 Å². The molecule has 0 bridgehead atoms. The van der Waals surface area contributed by atoms with Gasteiger partial charge in [-0.15, -0.1) is 0 Å². The van der Waals surface area contributed by atoms with E-state index >= 15 is 0 Å². The highest BCUT2D eigenvalue weighted by Crippen LogP contribution is 2.33. The fraction of sp³-hybridized carbons (Fsp3) is 0.529. The number of rotatable bonds is 5. The number of hydrogen-bond donors (Lipinski definition) is 1. The van der Waals surface area contributed by atoms with Crippen molar-refractivity contribution in [3.05, 3.63) is 29.9 Å². The Bertz CT molecular complexity index is 913. The van der Waals surface area contributed by atoms with Gasteiger partial charge in [-0.1, -0.05) is 5.16 Å². The molecule has 10 heteroatoms. The van der Waals surface area contributed by atoms with Crippen LogP contribution in [0.1, 0.15) is 37.1 Å². The molecular weight excluding hydrogens is 374 g/mol. The van der Waals surface area contributed by atoms with Crippen LogP contribution in [-0.2, 0) is 14.8 Å². The second-order valence-electron chi connectivity index (χ2n) is 6.51. The molecule has 0 unspecified atom stereocenters. The number of fused-ring (bicyclic) bond motifs is 1. The Kier molecular flexibility index (Phi) is 5.02. The van der Waals surface area contributed by atoms with Crippen molar-refractivity contribution in [3.8, 4) is 11.5 Å². The molecule has 0 saturated carbocycles. The van der Waals surface area contributed by atoms with Gasteiger partial charge in [0.15, 0.2) is 17.3 Å². The van der Waals surface area contributed by atoms with Gasteiger partial charge >= 0.3 is 0 Å². The molecule has 2 atom stereocenters. The first-order chi connectivity index (χ1) is 13.0. The molecule has 0 amide bonds. The lowest BCUT2D eigenvalue weighted by Gasteiger charge is -2.14. The van der Waals surface area contributed by atoms with Gasteiger partial charge in [0.05, 0.1) is 24.2 Å². The van der Waals surface area contributed by atoms with E-state index in [0.717, 1.165) is 6.42 Å². The number of nitrogens with zero attached hydrogens (tertiary/aromatic N) is 2. The largest absolute Gasteiger partial charge is 0.490 e. The van der Waals surface area contributed by atoms with Crippen LogP contribution in [0, 0.1) is 6.92 Å². The summed E-state index contributed by atoms with van der Waals surface area (Å²) in [5.41, 5.74) is 0. The Labute approximate surface area is 157 Å². The molecule has 2 aliphatic rings. The van der Waals surface area contributed by atoms with Crippen LogP contribution in [0.4, 0.5) is 0 Å². The monoisotopic (exact) mass is 395 g/mol. The minimum absolute atomic E-state index is 0.133. The SMILES string of the molecule is Cc1noc([C@@H]2CC[C@H](CNS(=O)(=O)c3ccc4c(c3)OCCCO4)O2)n1. The molecule has 1 saturated heterocycles. The van der Waals surface area contributed by atoms with Crippen molar-refractivity contribution in [1.29, 1.82) is 0 Å². The molecule has 1 fully saturated rings. The van der Waals surface area contributed by atoms with E-state index in [1.165, 1.54) is 12.1 Å². The zero-order valence-electron chi connectivity index (χ0n) is 14.9. The molecule has 27 heavy (non-hydrogen) atoms. The van der Waals surface area contributed by atoms with E-state index in [1.54, 1.807) is 13.0 Å². The van der Waals surface area contributed by atoms with E-state index in [0.29, 0.717) is 49.3 Å². The Hall–Kier alpha value is -2.17. The molecule has 1 N–H and O–H groups in total. The van der Waals surface area contributed by atoms with Gasteiger partial charge in [0.2, 0.25) is 10.0 Å². The van der Waals surface area contributed by atoms with Crippen molar-refractivity contribution in [1.82, 2.24) is 14.9 Å². The number of sulfonamides is 1. The zero-order chi connectivity index (χ0) is 18.9. The Balaban J connectivity index is 1.38. The minimum Gasteiger partial charge on any atom is -0.490 e. The maximum atomic E-state index is 12.6. The van der Waals surface area contributed by atoms with Gasteiger partial charge in [-0.3, -0.25) is 0 Å². The summed E-state index contributed by atoms with van der Waals surface area (Å²) in [5, 5.41) is 3.75. The lowest BCUT2D eigenvalue weighted by molar-refractivity contribution is 0.0290. The molecular formula is C17H21N3O6S. The fourth-order valence-electron chi connectivity index (χ4n) is 3.08. The number of nitrogens with one attached hydrogen (secondary N) is 1. The molecule has 2 aromatic rings. The average Bonchev–Trinajstić information content (AvgIpc) is 3.23. The molecule has 0 spiro atoms. The van der Waals surface area contributed by atoms with E-state index in [1.807, 2.05) is 0 Å². The molecule has 1 aromatic heterocycles. The normalized spacial score (nSPS) is 22.6. The van der Waals surface area contributed by atoms with Crippen LogP contribution in [0.5, 0.6) is 11.5 Å². The van der Waals surface area contributed by atoms with E-state index in [4.69, 9.17) is 18.7 Å². The second kappa shape index (κ2) is 7.45. The van der Waals surface area contributed by atoms with Crippen LogP contribution in [0.3, 0.4) is 0 Å². The van der Waals surface area contributed by atoms with Crippen LogP contribution in [0.15, 0.2) is 27.6 Å². The molecule has 0 aliphatic carbocycles. The third kappa shape index (κ3) is 4.07. The van der Waals surface area contributed by atoms with Gasteiger partial charge in [0.25, 0.3) is 5.89 Å². The fourth-order valence-corrected chi connectivity index (χ4v) is 4.16. The summed E-state index contributed by atoms with van der Waals surface area (Å²) in [5.74, 6) is 1.98. The van der Waals surface area contributed by atoms with E-state index in [-0.39, 0.29) is 23.6 Å². The first kappa shape index (κ1) is 18.2. The number of ether oxygens (including phenoxy) is 3. The molecule has 9 nitrogen and oxygen atoms in total. The average molecular weight is 395 g/mol. The van der Waals surface area contributed by atoms with Crippen LogP contribution in [-0.4, -0.2) is 44.4 Å². The number of hydrogen-bond acceptors (Lipinski definition) is 8. The van der Waals surface area contributed by atoms with Gasteiger partial charge in [-0.2, -0.15) is 4.98 Å². The molecule has 3 heterocycles. The highest BCUT2D eigenvalue weighted by atomic mass is 32.2. The highest BCUT2D eigenvalue weighted by molar-refractivity contribution is 7.89. The third-order valence-corrected chi connectivity index (χ3v) is 5.88. The van der Waals surface area contributed by atoms with Crippen LogP contribution >= 0.6 is 0 Å². The van der Waals surface area contributed by atoms with Crippen molar-refractivity contribution in [2.75, 3.05) is 19.8 Å². The summed E-state index contributed by atoms with van der Waals surface area (Å²) in [6, 6.07) is 4.62. The summed E-state index contributed by atoms with van der Waals surface area (Å²) in [7, 11) is -3.69. The van der Waals surface area contributed by atoms with Gasteiger partial charge in [0, 0.05) is 19.0 Å². The van der Waals surface area contributed by atoms with Gasteiger partial charge < -0.3 is 18.7 Å².